The van der Waals surface area contributed by atoms with Crippen LogP contribution in [0.4, 0.5) is 5.82 Å². The fourth-order valence-corrected chi connectivity index (χ4v) is 1.76. The van der Waals surface area contributed by atoms with Gasteiger partial charge >= 0.3 is 0 Å². The molecule has 1 heterocycles. The van der Waals surface area contributed by atoms with Gasteiger partial charge in [0.15, 0.2) is 5.69 Å². The van der Waals surface area contributed by atoms with E-state index in [1.54, 1.807) is 4.57 Å². The minimum atomic E-state index is 0.241. The number of hydrogen-bond acceptors (Lipinski definition) is 3. The Morgan fingerprint density at radius 3 is 2.73 bits per heavy atom. The van der Waals surface area contributed by atoms with Gasteiger partial charge in [0.05, 0.1) is 5.69 Å². The van der Waals surface area contributed by atoms with Crippen LogP contribution in [-0.2, 0) is 0 Å². The molecule has 0 radical (unpaired) electrons. The minimum Gasteiger partial charge on any atom is -0.382 e. The van der Waals surface area contributed by atoms with E-state index >= 15 is 0 Å². The highest BCUT2D eigenvalue weighted by atomic mass is 79.9. The van der Waals surface area contributed by atoms with Crippen molar-refractivity contribution < 1.29 is 0 Å². The highest BCUT2D eigenvalue weighted by Gasteiger charge is 2.09. The lowest BCUT2D eigenvalue weighted by Gasteiger charge is -2.06. The summed E-state index contributed by atoms with van der Waals surface area (Å²) in [6.07, 6.45) is 1.54. The molecular formula is C10H7BrN4. The number of nitrogens with two attached hydrogens (primary N) is 1. The van der Waals surface area contributed by atoms with Gasteiger partial charge in [0, 0.05) is 4.47 Å². The lowest BCUT2D eigenvalue weighted by Crippen LogP contribution is -2.00. The maximum Gasteiger partial charge on any atom is 0.182 e. The SMILES string of the molecule is N#Cc1ncn(-c2ccccc2Br)c1N. The highest BCUT2D eigenvalue weighted by Crippen LogP contribution is 2.23. The number of nitriles is 1. The van der Waals surface area contributed by atoms with Crippen LogP contribution in [0.25, 0.3) is 5.69 Å². The third-order valence-corrected chi connectivity index (χ3v) is 2.69. The van der Waals surface area contributed by atoms with Gasteiger partial charge < -0.3 is 5.73 Å². The molecule has 0 atom stereocenters. The molecule has 0 spiro atoms. The molecule has 0 bridgehead atoms. The van der Waals surface area contributed by atoms with Crippen molar-refractivity contribution in [1.82, 2.24) is 9.55 Å². The monoisotopic (exact) mass is 262 g/mol. The largest absolute Gasteiger partial charge is 0.382 e. The van der Waals surface area contributed by atoms with Gasteiger partial charge in [-0.25, -0.2) is 4.98 Å². The predicted octanol–water partition coefficient (Wildman–Crippen LogP) is 2.09. The molecule has 0 aliphatic carbocycles. The lowest BCUT2D eigenvalue weighted by molar-refractivity contribution is 1.06. The third-order valence-electron chi connectivity index (χ3n) is 2.02. The Balaban J connectivity index is 2.61. The van der Waals surface area contributed by atoms with Crippen molar-refractivity contribution in [3.05, 3.63) is 40.8 Å². The predicted molar refractivity (Wildman–Crippen MR) is 60.4 cm³/mol. The van der Waals surface area contributed by atoms with E-state index in [1.807, 2.05) is 30.3 Å². The summed E-state index contributed by atoms with van der Waals surface area (Å²) in [7, 11) is 0. The van der Waals surface area contributed by atoms with E-state index in [0.717, 1.165) is 10.2 Å². The van der Waals surface area contributed by atoms with Crippen LogP contribution in [0.2, 0.25) is 0 Å². The van der Waals surface area contributed by atoms with Crippen molar-refractivity contribution in [2.75, 3.05) is 5.73 Å². The van der Waals surface area contributed by atoms with Crippen molar-refractivity contribution in [2.24, 2.45) is 0 Å². The second kappa shape index (κ2) is 3.75. The molecule has 5 heteroatoms. The Hall–Kier alpha value is -1.80. The topological polar surface area (TPSA) is 67.6 Å². The van der Waals surface area contributed by atoms with Gasteiger partial charge in [-0.05, 0) is 28.1 Å². The Kier molecular flexibility index (Phi) is 2.44. The van der Waals surface area contributed by atoms with Crippen LogP contribution in [0.3, 0.4) is 0 Å². The van der Waals surface area contributed by atoms with Crippen molar-refractivity contribution in [1.29, 1.82) is 5.26 Å². The zero-order valence-electron chi connectivity index (χ0n) is 7.68. The number of benzene rings is 1. The first-order chi connectivity index (χ1) is 7.24. The second-order valence-corrected chi connectivity index (χ2v) is 3.77. The molecule has 0 unspecified atom stereocenters. The molecule has 15 heavy (non-hydrogen) atoms. The minimum absolute atomic E-state index is 0.241. The molecule has 1 aromatic carbocycles. The van der Waals surface area contributed by atoms with E-state index < -0.39 is 0 Å². The zero-order valence-corrected chi connectivity index (χ0v) is 9.27. The Morgan fingerprint density at radius 1 is 1.40 bits per heavy atom. The number of anilines is 1. The van der Waals surface area contributed by atoms with Crippen LogP contribution in [0.15, 0.2) is 35.1 Å². The average molecular weight is 263 g/mol. The number of hydrogen-bond donors (Lipinski definition) is 1. The number of imidazole rings is 1. The lowest BCUT2D eigenvalue weighted by atomic mass is 10.3. The van der Waals surface area contributed by atoms with Crippen molar-refractivity contribution in [2.45, 2.75) is 0 Å². The molecule has 0 amide bonds. The van der Waals surface area contributed by atoms with Crippen LogP contribution in [0.1, 0.15) is 5.69 Å². The fraction of sp³-hybridized carbons (Fsp3) is 0. The maximum absolute atomic E-state index is 8.73. The first-order valence-corrected chi connectivity index (χ1v) is 5.01. The summed E-state index contributed by atoms with van der Waals surface area (Å²) in [5, 5.41) is 8.73. The molecule has 2 rings (SSSR count). The maximum atomic E-state index is 8.73. The number of halogens is 1. The van der Waals surface area contributed by atoms with Gasteiger partial charge in [0.2, 0.25) is 0 Å². The van der Waals surface area contributed by atoms with E-state index in [4.69, 9.17) is 11.0 Å². The van der Waals surface area contributed by atoms with Crippen LogP contribution in [-0.4, -0.2) is 9.55 Å². The van der Waals surface area contributed by atoms with Gasteiger partial charge in [-0.1, -0.05) is 12.1 Å². The molecule has 2 aromatic rings. The molecule has 74 valence electrons. The van der Waals surface area contributed by atoms with Crippen LogP contribution in [0, 0.1) is 11.3 Å². The van der Waals surface area contributed by atoms with Crippen molar-refractivity contribution in [3.8, 4) is 11.8 Å². The molecular weight excluding hydrogens is 256 g/mol. The standard InChI is InChI=1S/C10H7BrN4/c11-7-3-1-2-4-9(7)15-6-14-8(5-12)10(15)13/h1-4,6H,13H2. The molecule has 0 saturated heterocycles. The summed E-state index contributed by atoms with van der Waals surface area (Å²) in [5.41, 5.74) is 6.88. The number of para-hydroxylation sites is 1. The van der Waals surface area contributed by atoms with E-state index in [1.165, 1.54) is 6.33 Å². The zero-order chi connectivity index (χ0) is 10.8. The van der Waals surface area contributed by atoms with Crippen molar-refractivity contribution >= 4 is 21.7 Å². The van der Waals surface area contributed by atoms with Gasteiger partial charge in [0.25, 0.3) is 0 Å². The van der Waals surface area contributed by atoms with Crippen molar-refractivity contribution in [3.63, 3.8) is 0 Å². The Bertz CT molecular complexity index is 539. The van der Waals surface area contributed by atoms with Crippen LogP contribution >= 0.6 is 15.9 Å². The van der Waals surface area contributed by atoms with E-state index in [0.29, 0.717) is 5.82 Å². The number of nitrogens with zero attached hydrogens (tertiary/aromatic N) is 3. The second-order valence-electron chi connectivity index (χ2n) is 2.91. The summed E-state index contributed by atoms with van der Waals surface area (Å²) in [5.74, 6) is 0.351. The number of rotatable bonds is 1. The first-order valence-electron chi connectivity index (χ1n) is 4.22. The highest BCUT2D eigenvalue weighted by molar-refractivity contribution is 9.10. The molecule has 1 aromatic heterocycles. The Morgan fingerprint density at radius 2 is 2.13 bits per heavy atom. The summed E-state index contributed by atoms with van der Waals surface area (Å²) < 4.78 is 2.57. The first kappa shape index (κ1) is 9.74. The summed E-state index contributed by atoms with van der Waals surface area (Å²) in [6.45, 7) is 0. The molecule has 2 N–H and O–H groups in total. The van der Waals surface area contributed by atoms with Gasteiger partial charge in [-0.15, -0.1) is 0 Å². The normalized spacial score (nSPS) is 9.87. The summed E-state index contributed by atoms with van der Waals surface area (Å²) >= 11 is 3.41. The quantitative estimate of drug-likeness (QED) is 0.856. The van der Waals surface area contributed by atoms with Crippen LogP contribution in [0.5, 0.6) is 0 Å². The number of aromatic nitrogens is 2. The fourth-order valence-electron chi connectivity index (χ4n) is 1.28. The van der Waals surface area contributed by atoms with E-state index in [2.05, 4.69) is 20.9 Å². The molecule has 0 fully saturated rings. The Labute approximate surface area is 95.1 Å². The smallest absolute Gasteiger partial charge is 0.182 e. The molecule has 0 aliphatic rings. The van der Waals surface area contributed by atoms with Gasteiger partial charge in [-0.2, -0.15) is 5.26 Å². The number of nitrogen functional groups attached to an aromatic ring is 1. The molecule has 4 nitrogen and oxygen atoms in total. The summed E-state index contributed by atoms with van der Waals surface area (Å²) in [4.78, 5) is 3.91. The van der Waals surface area contributed by atoms with E-state index in [9.17, 15) is 0 Å². The van der Waals surface area contributed by atoms with E-state index in [-0.39, 0.29) is 5.69 Å². The molecule has 0 saturated carbocycles. The summed E-state index contributed by atoms with van der Waals surface area (Å²) in [6, 6.07) is 9.53. The molecule has 0 aliphatic heterocycles. The average Bonchev–Trinajstić information content (AvgIpc) is 2.60. The van der Waals surface area contributed by atoms with Gasteiger partial charge in [0.1, 0.15) is 18.2 Å². The third kappa shape index (κ3) is 1.60. The van der Waals surface area contributed by atoms with Gasteiger partial charge in [-0.3, -0.25) is 4.57 Å². The van der Waals surface area contributed by atoms with Crippen LogP contribution < -0.4 is 5.73 Å².